The number of alkyl carbamates (subject to hydrolysis) is 1. The van der Waals surface area contributed by atoms with Crippen LogP contribution in [0.3, 0.4) is 0 Å². The SMILES string of the molecule is CCCCCNC(=O)C(c1cccc(C)c1O)N(C(=O)C(NC(=O)OC(C)(C)C)C(C)CC)C(C)C. The van der Waals surface area contributed by atoms with Crippen molar-refractivity contribution in [2.45, 2.75) is 112 Å². The Morgan fingerprint density at radius 2 is 1.72 bits per heavy atom. The van der Waals surface area contributed by atoms with Crippen molar-refractivity contribution in [2.75, 3.05) is 6.54 Å². The number of ether oxygens (including phenoxy) is 1. The third-order valence-electron chi connectivity index (χ3n) is 6.13. The molecule has 0 aliphatic carbocycles. The summed E-state index contributed by atoms with van der Waals surface area (Å²) in [6.45, 7) is 17.0. The molecule has 0 heterocycles. The Morgan fingerprint density at radius 1 is 1.08 bits per heavy atom. The van der Waals surface area contributed by atoms with E-state index in [1.807, 2.05) is 27.7 Å². The first-order valence-corrected chi connectivity index (χ1v) is 13.1. The lowest BCUT2D eigenvalue weighted by atomic mass is 9.94. The monoisotopic (exact) mass is 505 g/mol. The van der Waals surface area contributed by atoms with Gasteiger partial charge in [0.1, 0.15) is 23.4 Å². The Hall–Kier alpha value is -2.77. The third kappa shape index (κ3) is 9.03. The van der Waals surface area contributed by atoms with Gasteiger partial charge in [0.25, 0.3) is 0 Å². The number of amides is 3. The van der Waals surface area contributed by atoms with Gasteiger partial charge in [0.15, 0.2) is 0 Å². The molecule has 0 bridgehead atoms. The van der Waals surface area contributed by atoms with Crippen molar-refractivity contribution >= 4 is 17.9 Å². The normalized spacial score (nSPS) is 14.1. The van der Waals surface area contributed by atoms with E-state index < -0.39 is 35.7 Å². The fourth-order valence-electron chi connectivity index (χ4n) is 3.96. The molecule has 1 rings (SSSR count). The molecule has 0 aromatic heterocycles. The molecule has 0 radical (unpaired) electrons. The zero-order valence-corrected chi connectivity index (χ0v) is 23.6. The Balaban J connectivity index is 3.50. The second-order valence-electron chi connectivity index (χ2n) is 10.8. The van der Waals surface area contributed by atoms with Gasteiger partial charge in [-0.25, -0.2) is 4.79 Å². The quantitative estimate of drug-likeness (QED) is 0.337. The van der Waals surface area contributed by atoms with Crippen LogP contribution in [0.1, 0.15) is 98.2 Å². The van der Waals surface area contributed by atoms with Crippen LogP contribution in [0.15, 0.2) is 18.2 Å². The van der Waals surface area contributed by atoms with Gasteiger partial charge in [0.2, 0.25) is 11.8 Å². The van der Waals surface area contributed by atoms with Gasteiger partial charge < -0.3 is 25.4 Å². The minimum atomic E-state index is -1.06. The van der Waals surface area contributed by atoms with E-state index in [2.05, 4.69) is 17.6 Å². The summed E-state index contributed by atoms with van der Waals surface area (Å²) >= 11 is 0. The molecule has 8 nitrogen and oxygen atoms in total. The number of para-hydroxylation sites is 1. The Bertz CT molecular complexity index is 878. The lowest BCUT2D eigenvalue weighted by molar-refractivity contribution is -0.145. The summed E-state index contributed by atoms with van der Waals surface area (Å²) in [5, 5.41) is 16.6. The number of aryl methyl sites for hydroxylation is 1. The average Bonchev–Trinajstić information content (AvgIpc) is 2.78. The van der Waals surface area contributed by atoms with Crippen LogP contribution >= 0.6 is 0 Å². The highest BCUT2D eigenvalue weighted by Crippen LogP contribution is 2.34. The van der Waals surface area contributed by atoms with Crippen LogP contribution in [0.5, 0.6) is 5.75 Å². The maximum absolute atomic E-state index is 14.1. The van der Waals surface area contributed by atoms with Crippen LogP contribution in [0.25, 0.3) is 0 Å². The number of nitrogens with one attached hydrogen (secondary N) is 2. The molecule has 204 valence electrons. The molecule has 1 aromatic rings. The predicted molar refractivity (Wildman–Crippen MR) is 143 cm³/mol. The first kappa shape index (κ1) is 31.3. The van der Waals surface area contributed by atoms with Gasteiger partial charge in [-0.3, -0.25) is 9.59 Å². The van der Waals surface area contributed by atoms with E-state index in [9.17, 15) is 19.5 Å². The Morgan fingerprint density at radius 3 is 2.25 bits per heavy atom. The second-order valence-corrected chi connectivity index (χ2v) is 10.8. The standard InChI is InChI=1S/C28H47N3O5/c1-10-12-13-17-29-25(33)23(21-16-14-15-20(6)24(21)32)31(18(3)4)26(34)22(19(5)11-2)30-27(35)36-28(7,8)9/h14-16,18-19,22-23,32H,10-13,17H2,1-9H3,(H,29,33)(H,30,35). The molecule has 3 amide bonds. The summed E-state index contributed by atoms with van der Waals surface area (Å²) < 4.78 is 5.42. The molecule has 0 saturated heterocycles. The molecule has 3 atom stereocenters. The number of aromatic hydroxyl groups is 1. The van der Waals surface area contributed by atoms with E-state index in [1.165, 1.54) is 4.90 Å². The fraction of sp³-hybridized carbons (Fsp3) is 0.679. The zero-order chi connectivity index (χ0) is 27.6. The first-order valence-electron chi connectivity index (χ1n) is 13.1. The van der Waals surface area contributed by atoms with Gasteiger partial charge in [0.05, 0.1) is 0 Å². The molecule has 0 saturated carbocycles. The average molecular weight is 506 g/mol. The number of carbonyl (C=O) groups is 3. The molecule has 36 heavy (non-hydrogen) atoms. The van der Waals surface area contributed by atoms with Crippen molar-refractivity contribution in [3.63, 3.8) is 0 Å². The van der Waals surface area contributed by atoms with E-state index in [0.717, 1.165) is 19.3 Å². The zero-order valence-electron chi connectivity index (χ0n) is 23.6. The van der Waals surface area contributed by atoms with Crippen LogP contribution < -0.4 is 10.6 Å². The minimum absolute atomic E-state index is 0.0233. The van der Waals surface area contributed by atoms with Gasteiger partial charge in [0, 0.05) is 18.2 Å². The largest absolute Gasteiger partial charge is 0.507 e. The summed E-state index contributed by atoms with van der Waals surface area (Å²) in [7, 11) is 0. The topological polar surface area (TPSA) is 108 Å². The van der Waals surface area contributed by atoms with Crippen molar-refractivity contribution in [3.05, 3.63) is 29.3 Å². The Labute approximate surface area is 217 Å². The summed E-state index contributed by atoms with van der Waals surface area (Å²) in [4.78, 5) is 41.7. The molecule has 3 unspecified atom stereocenters. The number of unbranched alkanes of at least 4 members (excludes halogenated alkanes) is 2. The number of benzene rings is 1. The highest BCUT2D eigenvalue weighted by molar-refractivity contribution is 5.93. The van der Waals surface area contributed by atoms with Crippen LogP contribution in [-0.2, 0) is 14.3 Å². The van der Waals surface area contributed by atoms with E-state index >= 15 is 0 Å². The molecule has 8 heteroatoms. The van der Waals surface area contributed by atoms with E-state index in [0.29, 0.717) is 24.1 Å². The number of hydrogen-bond acceptors (Lipinski definition) is 5. The molecule has 1 aromatic carbocycles. The highest BCUT2D eigenvalue weighted by Gasteiger charge is 2.40. The highest BCUT2D eigenvalue weighted by atomic mass is 16.6. The molecule has 0 fully saturated rings. The maximum atomic E-state index is 14.1. The number of carbonyl (C=O) groups excluding carboxylic acids is 3. The molecular formula is C28H47N3O5. The van der Waals surface area contributed by atoms with E-state index in [1.54, 1.807) is 45.9 Å². The molecule has 0 spiro atoms. The van der Waals surface area contributed by atoms with Crippen molar-refractivity contribution in [2.24, 2.45) is 5.92 Å². The van der Waals surface area contributed by atoms with Gasteiger partial charge >= 0.3 is 6.09 Å². The minimum Gasteiger partial charge on any atom is -0.507 e. The Kier molecular flexibility index (Phi) is 12.2. The van der Waals surface area contributed by atoms with Crippen molar-refractivity contribution in [1.29, 1.82) is 0 Å². The summed E-state index contributed by atoms with van der Waals surface area (Å²) in [5.74, 6) is -1.01. The summed E-state index contributed by atoms with van der Waals surface area (Å²) in [5.41, 5.74) is 0.238. The van der Waals surface area contributed by atoms with E-state index in [-0.39, 0.29) is 17.6 Å². The van der Waals surface area contributed by atoms with Crippen LogP contribution in [0.4, 0.5) is 4.79 Å². The first-order chi connectivity index (χ1) is 16.7. The summed E-state index contributed by atoms with van der Waals surface area (Å²) in [6.07, 6.45) is 2.75. The van der Waals surface area contributed by atoms with E-state index in [4.69, 9.17) is 4.74 Å². The number of phenols is 1. The van der Waals surface area contributed by atoms with Crippen molar-refractivity contribution in [1.82, 2.24) is 15.5 Å². The number of hydrogen-bond donors (Lipinski definition) is 3. The fourth-order valence-corrected chi connectivity index (χ4v) is 3.96. The number of nitrogens with zero attached hydrogens (tertiary/aromatic N) is 1. The second kappa shape index (κ2) is 14.1. The van der Waals surface area contributed by atoms with Gasteiger partial charge in [-0.2, -0.15) is 0 Å². The lowest BCUT2D eigenvalue weighted by Crippen LogP contribution is -2.57. The van der Waals surface area contributed by atoms with Gasteiger partial charge in [-0.05, 0) is 59.4 Å². The van der Waals surface area contributed by atoms with Crippen LogP contribution in [0, 0.1) is 12.8 Å². The number of phenolic OH excluding ortho intramolecular Hbond substituents is 1. The molecular weight excluding hydrogens is 458 g/mol. The van der Waals surface area contributed by atoms with Gasteiger partial charge in [-0.1, -0.05) is 58.2 Å². The smallest absolute Gasteiger partial charge is 0.408 e. The van der Waals surface area contributed by atoms with Crippen molar-refractivity contribution in [3.8, 4) is 5.75 Å². The van der Waals surface area contributed by atoms with Crippen LogP contribution in [-0.4, -0.2) is 52.1 Å². The summed E-state index contributed by atoms with van der Waals surface area (Å²) in [6, 6.07) is 2.82. The third-order valence-corrected chi connectivity index (χ3v) is 6.13. The molecule has 0 aliphatic heterocycles. The predicted octanol–water partition coefficient (Wildman–Crippen LogP) is 5.22. The molecule has 3 N–H and O–H groups in total. The lowest BCUT2D eigenvalue weighted by Gasteiger charge is -2.38. The van der Waals surface area contributed by atoms with Crippen LogP contribution in [0.2, 0.25) is 0 Å². The molecule has 0 aliphatic rings. The number of rotatable bonds is 12. The van der Waals surface area contributed by atoms with Gasteiger partial charge in [-0.15, -0.1) is 0 Å². The van der Waals surface area contributed by atoms with Crippen molar-refractivity contribution < 1.29 is 24.2 Å². The maximum Gasteiger partial charge on any atom is 0.408 e.